The second kappa shape index (κ2) is 13.4. The number of benzene rings is 2. The molecule has 3 atom stereocenters. The highest BCUT2D eigenvalue weighted by Gasteiger charge is 2.57. The fourth-order valence-corrected chi connectivity index (χ4v) is 6.95. The molecule has 0 aromatic heterocycles. The summed E-state index contributed by atoms with van der Waals surface area (Å²) >= 11 is 1.71. The number of unbranched alkanes of at least 4 members (excludes halogenated alkanes) is 5. The molecule has 3 rings (SSSR count). The molecule has 1 aliphatic rings. The minimum Gasteiger partial charge on any atom is -0.508 e. The van der Waals surface area contributed by atoms with Crippen LogP contribution in [-0.2, 0) is 10.2 Å². The van der Waals surface area contributed by atoms with Crippen molar-refractivity contribution in [3.05, 3.63) is 53.6 Å². The lowest BCUT2D eigenvalue weighted by molar-refractivity contribution is -0.285. The Morgan fingerprint density at radius 1 is 0.925 bits per heavy atom. The summed E-state index contributed by atoms with van der Waals surface area (Å²) in [5.41, 5.74) is 2.17. The van der Waals surface area contributed by atoms with Crippen molar-refractivity contribution >= 4 is 17.7 Å². The lowest BCUT2D eigenvalue weighted by Crippen LogP contribution is -2.37. The first-order valence-corrected chi connectivity index (χ1v) is 14.7. The number of carbonyl (C=O) groups is 1. The lowest BCUT2D eigenvalue weighted by atomic mass is 9.68. The van der Waals surface area contributed by atoms with Crippen molar-refractivity contribution < 1.29 is 42.1 Å². The van der Waals surface area contributed by atoms with Crippen molar-refractivity contribution in [1.82, 2.24) is 0 Å². The van der Waals surface area contributed by atoms with Crippen LogP contribution in [0.4, 0.5) is 22.0 Å². The Balaban J connectivity index is 1.48. The molecule has 0 saturated carbocycles. The summed E-state index contributed by atoms with van der Waals surface area (Å²) in [6.45, 7) is 2.23. The number of phenolic OH excluding ortho intramolecular Hbond substituents is 2. The summed E-state index contributed by atoms with van der Waals surface area (Å²) in [7, 11) is 0. The SMILES string of the molecule is C[C@]1(c2ccc(O)cc2)CSc2cc(O)ccc2[C@H]1CCCCCCCCC(CCC(F)(F)C(F)(F)F)C(=O)O. The summed E-state index contributed by atoms with van der Waals surface area (Å²) in [4.78, 5) is 12.4. The number of aromatic hydroxyl groups is 2. The van der Waals surface area contributed by atoms with Gasteiger partial charge in [-0.15, -0.1) is 11.8 Å². The van der Waals surface area contributed by atoms with Crippen LogP contribution in [0.25, 0.3) is 0 Å². The number of rotatable bonds is 14. The van der Waals surface area contributed by atoms with Crippen LogP contribution in [0.3, 0.4) is 0 Å². The monoisotopic (exact) mass is 588 g/mol. The molecular formula is C30H37F5O4S. The van der Waals surface area contributed by atoms with Gasteiger partial charge in [0, 0.05) is 22.5 Å². The molecule has 1 unspecified atom stereocenters. The van der Waals surface area contributed by atoms with E-state index >= 15 is 0 Å². The van der Waals surface area contributed by atoms with E-state index in [0.717, 1.165) is 48.3 Å². The quantitative estimate of drug-likeness (QED) is 0.152. The van der Waals surface area contributed by atoms with Gasteiger partial charge in [-0.05, 0) is 60.6 Å². The number of alkyl halides is 5. The van der Waals surface area contributed by atoms with E-state index in [1.54, 1.807) is 36.0 Å². The van der Waals surface area contributed by atoms with Crippen molar-refractivity contribution in [2.75, 3.05) is 5.75 Å². The molecule has 0 aliphatic carbocycles. The fraction of sp³-hybridized carbons (Fsp3) is 0.567. The molecule has 0 spiro atoms. The third-order valence-electron chi connectivity index (χ3n) is 8.06. The molecule has 3 N–H and O–H groups in total. The van der Waals surface area contributed by atoms with Crippen LogP contribution < -0.4 is 0 Å². The van der Waals surface area contributed by atoms with Crippen molar-refractivity contribution in [3.63, 3.8) is 0 Å². The van der Waals surface area contributed by atoms with E-state index < -0.39 is 36.8 Å². The Morgan fingerprint density at radius 2 is 1.52 bits per heavy atom. The lowest BCUT2D eigenvalue weighted by Gasteiger charge is -2.43. The first kappa shape index (κ1) is 32.0. The molecule has 0 fully saturated rings. The topological polar surface area (TPSA) is 77.8 Å². The average molecular weight is 589 g/mol. The van der Waals surface area contributed by atoms with Gasteiger partial charge >= 0.3 is 18.1 Å². The van der Waals surface area contributed by atoms with Gasteiger partial charge in [0.2, 0.25) is 0 Å². The van der Waals surface area contributed by atoms with Crippen LogP contribution in [-0.4, -0.2) is 39.1 Å². The van der Waals surface area contributed by atoms with Crippen LogP contribution in [0.5, 0.6) is 11.5 Å². The van der Waals surface area contributed by atoms with E-state index in [2.05, 4.69) is 6.92 Å². The normalized spacial score (nSPS) is 20.2. The zero-order valence-corrected chi connectivity index (χ0v) is 23.3. The Labute approximate surface area is 236 Å². The molecule has 222 valence electrons. The average Bonchev–Trinajstić information content (AvgIpc) is 2.87. The van der Waals surface area contributed by atoms with E-state index in [4.69, 9.17) is 0 Å². The Kier molecular flexibility index (Phi) is 10.8. The number of phenols is 2. The van der Waals surface area contributed by atoms with Gasteiger partial charge < -0.3 is 15.3 Å². The third kappa shape index (κ3) is 8.04. The van der Waals surface area contributed by atoms with Gasteiger partial charge in [-0.2, -0.15) is 22.0 Å². The molecule has 40 heavy (non-hydrogen) atoms. The molecule has 0 bridgehead atoms. The first-order valence-electron chi connectivity index (χ1n) is 13.7. The second-order valence-electron chi connectivity index (χ2n) is 11.0. The summed E-state index contributed by atoms with van der Waals surface area (Å²) in [6.07, 6.45) is -2.11. The maximum absolute atomic E-state index is 13.2. The van der Waals surface area contributed by atoms with Gasteiger partial charge in [-0.1, -0.05) is 63.6 Å². The number of aliphatic carboxylic acids is 1. The predicted molar refractivity (Wildman–Crippen MR) is 145 cm³/mol. The van der Waals surface area contributed by atoms with Gasteiger partial charge in [-0.3, -0.25) is 4.79 Å². The van der Waals surface area contributed by atoms with Crippen LogP contribution in [0.1, 0.15) is 88.2 Å². The number of carboxylic acids is 1. The molecule has 4 nitrogen and oxygen atoms in total. The second-order valence-corrected chi connectivity index (χ2v) is 12.0. The van der Waals surface area contributed by atoms with Crippen molar-refractivity contribution in [2.45, 2.75) is 99.5 Å². The molecule has 0 saturated heterocycles. The van der Waals surface area contributed by atoms with Gasteiger partial charge in [0.15, 0.2) is 0 Å². The van der Waals surface area contributed by atoms with Crippen molar-refractivity contribution in [2.24, 2.45) is 5.92 Å². The predicted octanol–water partition coefficient (Wildman–Crippen LogP) is 9.04. The standard InChI is InChI=1S/C30H37F5O4S/c1-28(21-10-12-22(36)13-11-21)19-40-26-18-23(37)14-15-24(26)25(28)9-7-5-3-2-4-6-8-20(27(38)39)16-17-29(31,32)30(33,34)35/h10-15,18,20,25,36-37H,2-9,16-17,19H2,1H3,(H,38,39)/t20?,25-,28-/m1/s1. The number of fused-ring (bicyclic) bond motifs is 1. The highest BCUT2D eigenvalue weighted by molar-refractivity contribution is 7.99. The molecule has 1 aliphatic heterocycles. The summed E-state index contributed by atoms with van der Waals surface area (Å²) < 4.78 is 63.5. The van der Waals surface area contributed by atoms with Gasteiger partial charge in [0.05, 0.1) is 5.92 Å². The minimum atomic E-state index is -5.67. The van der Waals surface area contributed by atoms with Crippen LogP contribution in [0.2, 0.25) is 0 Å². The first-order chi connectivity index (χ1) is 18.7. The van der Waals surface area contributed by atoms with E-state index in [1.807, 2.05) is 18.2 Å². The molecule has 2 aromatic carbocycles. The highest BCUT2D eigenvalue weighted by atomic mass is 32.2. The summed E-state index contributed by atoms with van der Waals surface area (Å²) in [6, 6.07) is 12.8. The maximum atomic E-state index is 13.2. The molecule has 0 amide bonds. The summed E-state index contributed by atoms with van der Waals surface area (Å²) in [5, 5.41) is 29.0. The molecule has 10 heteroatoms. The summed E-state index contributed by atoms with van der Waals surface area (Å²) in [5.74, 6) is -5.94. The largest absolute Gasteiger partial charge is 0.508 e. The number of carboxylic acid groups (broad SMARTS) is 1. The van der Waals surface area contributed by atoms with Gasteiger partial charge in [-0.25, -0.2) is 0 Å². The molecule has 0 radical (unpaired) electrons. The van der Waals surface area contributed by atoms with E-state index in [0.29, 0.717) is 12.8 Å². The smallest absolute Gasteiger partial charge is 0.453 e. The fourth-order valence-electron chi connectivity index (χ4n) is 5.54. The zero-order valence-electron chi connectivity index (χ0n) is 22.5. The number of hydrogen-bond donors (Lipinski definition) is 3. The Hall–Kier alpha value is -2.49. The van der Waals surface area contributed by atoms with E-state index in [1.165, 1.54) is 5.56 Å². The Bertz CT molecular complexity index is 1120. The highest BCUT2D eigenvalue weighted by Crippen LogP contribution is 2.52. The minimum absolute atomic E-state index is 0.0810. The number of hydrogen-bond acceptors (Lipinski definition) is 4. The molecular weight excluding hydrogens is 551 g/mol. The molecule has 1 heterocycles. The van der Waals surface area contributed by atoms with E-state index in [-0.39, 0.29) is 29.3 Å². The van der Waals surface area contributed by atoms with Crippen LogP contribution in [0.15, 0.2) is 47.4 Å². The van der Waals surface area contributed by atoms with Crippen molar-refractivity contribution in [3.8, 4) is 11.5 Å². The third-order valence-corrected chi connectivity index (χ3v) is 9.47. The number of thioether (sulfide) groups is 1. The van der Waals surface area contributed by atoms with Gasteiger partial charge in [0.25, 0.3) is 0 Å². The van der Waals surface area contributed by atoms with Gasteiger partial charge in [0.1, 0.15) is 11.5 Å². The zero-order chi connectivity index (χ0) is 29.6. The maximum Gasteiger partial charge on any atom is 0.453 e. The van der Waals surface area contributed by atoms with Crippen LogP contribution in [0, 0.1) is 5.92 Å². The van der Waals surface area contributed by atoms with Crippen LogP contribution >= 0.6 is 11.8 Å². The van der Waals surface area contributed by atoms with E-state index in [9.17, 15) is 42.1 Å². The molecule has 2 aromatic rings. The van der Waals surface area contributed by atoms with Crippen molar-refractivity contribution in [1.29, 1.82) is 0 Å². The number of halogens is 5. The Morgan fingerprint density at radius 3 is 2.15 bits per heavy atom.